The molecule has 0 N–H and O–H groups in total. The van der Waals surface area contributed by atoms with Crippen LogP contribution in [0.2, 0.25) is 0 Å². The molecule has 0 spiro atoms. The molecule has 5 nitrogen and oxygen atoms in total. The lowest BCUT2D eigenvalue weighted by molar-refractivity contribution is -0.139. The topological polar surface area (TPSA) is 49.9 Å². The zero-order valence-electron chi connectivity index (χ0n) is 15.5. The monoisotopic (exact) mass is 404 g/mol. The van der Waals surface area contributed by atoms with Crippen LogP contribution in [0, 0.1) is 0 Å². The molecule has 2 aromatic carbocycles. The van der Waals surface area contributed by atoms with E-state index in [0.29, 0.717) is 25.3 Å². The van der Waals surface area contributed by atoms with Gasteiger partial charge in [0.25, 0.3) is 11.8 Å². The molecule has 1 unspecified atom stereocenters. The Morgan fingerprint density at radius 1 is 0.931 bits per heavy atom. The number of piperazine rings is 1. The molecule has 2 aliphatic rings. The molecular weight excluding hydrogens is 385 g/mol. The molecule has 1 saturated heterocycles. The van der Waals surface area contributed by atoms with Crippen LogP contribution in [0.4, 0.5) is 13.2 Å². The Balaban J connectivity index is 1.36. The Bertz CT molecular complexity index is 912. The van der Waals surface area contributed by atoms with Gasteiger partial charge in [-0.25, -0.2) is 0 Å². The highest BCUT2D eigenvalue weighted by Gasteiger charge is 2.35. The molecule has 4 rings (SSSR count). The van der Waals surface area contributed by atoms with E-state index in [2.05, 4.69) is 0 Å². The molecule has 2 aliphatic heterocycles. The van der Waals surface area contributed by atoms with E-state index < -0.39 is 23.8 Å². The number of alkyl halides is 3. The third-order valence-corrected chi connectivity index (χ3v) is 5.24. The molecule has 8 heteroatoms. The van der Waals surface area contributed by atoms with Crippen molar-refractivity contribution in [2.75, 3.05) is 26.2 Å². The lowest BCUT2D eigenvalue weighted by atomic mass is 10.1. The maximum Gasteiger partial charge on any atom is 0.416 e. The molecule has 2 amide bonds. The standard InChI is InChI=1S/C21H19F3N2O3/c22-21(23,24)16-6-3-5-15(12-16)19(27)25-8-10-26(11-9-25)20(28)18-13-14-4-1-2-7-17(14)29-18/h1-7,12,18H,8-11,13H2. The second-order valence-electron chi connectivity index (χ2n) is 7.11. The molecule has 0 aliphatic carbocycles. The summed E-state index contributed by atoms with van der Waals surface area (Å²) in [5, 5.41) is 0. The van der Waals surface area contributed by atoms with Gasteiger partial charge in [0.2, 0.25) is 0 Å². The summed E-state index contributed by atoms with van der Waals surface area (Å²) in [7, 11) is 0. The van der Waals surface area contributed by atoms with Crippen molar-refractivity contribution in [3.8, 4) is 5.75 Å². The van der Waals surface area contributed by atoms with Gasteiger partial charge >= 0.3 is 6.18 Å². The van der Waals surface area contributed by atoms with Gasteiger partial charge in [-0.2, -0.15) is 13.2 Å². The number of carbonyl (C=O) groups excluding carboxylic acids is 2. The van der Waals surface area contributed by atoms with Gasteiger partial charge in [-0.1, -0.05) is 24.3 Å². The van der Waals surface area contributed by atoms with Crippen LogP contribution in [-0.2, 0) is 17.4 Å². The Kier molecular flexibility index (Phi) is 4.94. The van der Waals surface area contributed by atoms with Crippen LogP contribution in [0.25, 0.3) is 0 Å². The fraction of sp³-hybridized carbons (Fsp3) is 0.333. The predicted octanol–water partition coefficient (Wildman–Crippen LogP) is 2.99. The lowest BCUT2D eigenvalue weighted by Gasteiger charge is -2.35. The number of carbonyl (C=O) groups is 2. The maximum atomic E-state index is 12.9. The minimum absolute atomic E-state index is 0.00539. The fourth-order valence-corrected chi connectivity index (χ4v) is 3.66. The van der Waals surface area contributed by atoms with E-state index in [0.717, 1.165) is 17.7 Å². The summed E-state index contributed by atoms with van der Waals surface area (Å²) in [6.07, 6.45) is -4.56. The number of hydrogen-bond donors (Lipinski definition) is 0. The van der Waals surface area contributed by atoms with Gasteiger partial charge < -0.3 is 14.5 Å². The molecule has 0 radical (unpaired) electrons. The number of benzene rings is 2. The molecule has 1 fully saturated rings. The largest absolute Gasteiger partial charge is 0.480 e. The summed E-state index contributed by atoms with van der Waals surface area (Å²) in [6.45, 7) is 1.17. The van der Waals surface area contributed by atoms with Crippen molar-refractivity contribution >= 4 is 11.8 Å². The average molecular weight is 404 g/mol. The number of nitrogens with zero attached hydrogens (tertiary/aromatic N) is 2. The van der Waals surface area contributed by atoms with Crippen LogP contribution in [-0.4, -0.2) is 53.9 Å². The Morgan fingerprint density at radius 2 is 1.62 bits per heavy atom. The predicted molar refractivity (Wildman–Crippen MR) is 98.5 cm³/mol. The highest BCUT2D eigenvalue weighted by Crippen LogP contribution is 2.30. The van der Waals surface area contributed by atoms with E-state index >= 15 is 0 Å². The molecular formula is C21H19F3N2O3. The van der Waals surface area contributed by atoms with Gasteiger partial charge in [-0.15, -0.1) is 0 Å². The smallest absolute Gasteiger partial charge is 0.416 e. The molecule has 1 atom stereocenters. The lowest BCUT2D eigenvalue weighted by Crippen LogP contribution is -2.53. The first-order valence-electron chi connectivity index (χ1n) is 9.33. The molecule has 0 saturated carbocycles. The first-order chi connectivity index (χ1) is 13.8. The number of amides is 2. The zero-order chi connectivity index (χ0) is 20.6. The third-order valence-electron chi connectivity index (χ3n) is 5.24. The van der Waals surface area contributed by atoms with E-state index in [-0.39, 0.29) is 24.6 Å². The summed E-state index contributed by atoms with van der Waals surface area (Å²) in [6, 6.07) is 11.9. The van der Waals surface area contributed by atoms with Crippen molar-refractivity contribution in [3.05, 3.63) is 65.2 Å². The quantitative estimate of drug-likeness (QED) is 0.773. The zero-order valence-corrected chi connectivity index (χ0v) is 15.5. The van der Waals surface area contributed by atoms with E-state index in [9.17, 15) is 22.8 Å². The Morgan fingerprint density at radius 3 is 2.31 bits per heavy atom. The first kappa shape index (κ1) is 19.3. The summed E-state index contributed by atoms with van der Waals surface area (Å²) in [5.41, 5.74) is 0.133. The van der Waals surface area contributed by atoms with Crippen molar-refractivity contribution in [3.63, 3.8) is 0 Å². The number of fused-ring (bicyclic) bond motifs is 1. The van der Waals surface area contributed by atoms with E-state index in [1.807, 2.05) is 24.3 Å². The first-order valence-corrected chi connectivity index (χ1v) is 9.33. The highest BCUT2D eigenvalue weighted by molar-refractivity contribution is 5.94. The minimum atomic E-state index is -4.50. The highest BCUT2D eigenvalue weighted by atomic mass is 19.4. The fourth-order valence-electron chi connectivity index (χ4n) is 3.66. The van der Waals surface area contributed by atoms with Gasteiger partial charge in [-0.05, 0) is 29.8 Å². The van der Waals surface area contributed by atoms with Gasteiger partial charge in [0.1, 0.15) is 5.75 Å². The number of ether oxygens (including phenoxy) is 1. The number of rotatable bonds is 2. The van der Waals surface area contributed by atoms with E-state index in [1.165, 1.54) is 17.0 Å². The minimum Gasteiger partial charge on any atom is -0.480 e. The van der Waals surface area contributed by atoms with E-state index in [4.69, 9.17) is 4.74 Å². The third kappa shape index (κ3) is 3.92. The molecule has 2 aromatic rings. The van der Waals surface area contributed by atoms with Gasteiger partial charge in [0.05, 0.1) is 5.56 Å². The van der Waals surface area contributed by atoms with Crippen molar-refractivity contribution in [2.24, 2.45) is 0 Å². The summed E-state index contributed by atoms with van der Waals surface area (Å²) in [4.78, 5) is 28.5. The van der Waals surface area contributed by atoms with Crippen molar-refractivity contribution < 1.29 is 27.5 Å². The van der Waals surface area contributed by atoms with Crippen LogP contribution >= 0.6 is 0 Å². The number of hydrogen-bond acceptors (Lipinski definition) is 3. The summed E-state index contributed by atoms with van der Waals surface area (Å²) >= 11 is 0. The molecule has 2 heterocycles. The summed E-state index contributed by atoms with van der Waals surface area (Å²) < 4.78 is 44.4. The molecule has 0 aromatic heterocycles. The molecule has 0 bridgehead atoms. The Hall–Kier alpha value is -3.03. The van der Waals surface area contributed by atoms with Gasteiger partial charge in [0, 0.05) is 38.2 Å². The van der Waals surface area contributed by atoms with Crippen LogP contribution in [0.3, 0.4) is 0 Å². The van der Waals surface area contributed by atoms with Crippen molar-refractivity contribution in [1.29, 1.82) is 0 Å². The summed E-state index contributed by atoms with van der Waals surface area (Å²) in [5.74, 6) is 0.115. The van der Waals surface area contributed by atoms with Crippen LogP contribution in [0.5, 0.6) is 5.75 Å². The molecule has 29 heavy (non-hydrogen) atoms. The normalized spacial score (nSPS) is 18.9. The van der Waals surface area contributed by atoms with Gasteiger partial charge in [0.15, 0.2) is 6.10 Å². The van der Waals surface area contributed by atoms with Gasteiger partial charge in [-0.3, -0.25) is 9.59 Å². The van der Waals surface area contributed by atoms with Crippen molar-refractivity contribution in [1.82, 2.24) is 9.80 Å². The van der Waals surface area contributed by atoms with Crippen LogP contribution < -0.4 is 4.74 Å². The number of halogens is 3. The second kappa shape index (κ2) is 7.42. The average Bonchev–Trinajstić information content (AvgIpc) is 3.16. The van der Waals surface area contributed by atoms with Crippen LogP contribution in [0.1, 0.15) is 21.5 Å². The Labute approximate surface area is 165 Å². The SMILES string of the molecule is O=C(c1cccc(C(F)(F)F)c1)N1CCN(C(=O)C2Cc3ccccc3O2)CC1. The number of para-hydroxylation sites is 1. The second-order valence-corrected chi connectivity index (χ2v) is 7.11. The van der Waals surface area contributed by atoms with Crippen molar-refractivity contribution in [2.45, 2.75) is 18.7 Å². The maximum absolute atomic E-state index is 12.9. The van der Waals surface area contributed by atoms with Crippen LogP contribution in [0.15, 0.2) is 48.5 Å². The molecule has 152 valence electrons. The van der Waals surface area contributed by atoms with E-state index in [1.54, 1.807) is 4.90 Å².